The van der Waals surface area contributed by atoms with Crippen molar-refractivity contribution in [3.8, 4) is 5.75 Å². The highest BCUT2D eigenvalue weighted by Crippen LogP contribution is 2.12. The van der Waals surface area contributed by atoms with Gasteiger partial charge >= 0.3 is 0 Å². The summed E-state index contributed by atoms with van der Waals surface area (Å²) in [4.78, 5) is 14.4. The third kappa shape index (κ3) is 2.93. The number of hydrogen-bond donors (Lipinski definition) is 0. The van der Waals surface area contributed by atoms with Crippen LogP contribution in [-0.2, 0) is 13.0 Å². The number of aryl methyl sites for hydroxylation is 2. The molecule has 0 aliphatic heterocycles. The van der Waals surface area contributed by atoms with Crippen LogP contribution in [0.15, 0.2) is 36.8 Å². The van der Waals surface area contributed by atoms with Crippen LogP contribution >= 0.6 is 0 Å². The van der Waals surface area contributed by atoms with E-state index in [1.54, 1.807) is 19.6 Å². The summed E-state index contributed by atoms with van der Waals surface area (Å²) in [7, 11) is 1.65. The van der Waals surface area contributed by atoms with E-state index < -0.39 is 0 Å². The molecule has 88 valence electrons. The summed E-state index contributed by atoms with van der Waals surface area (Å²) in [6.45, 7) is 0.813. The molecular weight excluding hydrogens is 216 g/mol. The molecule has 4 heteroatoms. The maximum atomic E-state index is 10.5. The molecule has 0 saturated carbocycles. The van der Waals surface area contributed by atoms with E-state index in [-0.39, 0.29) is 0 Å². The Bertz CT molecular complexity index is 488. The fourth-order valence-electron chi connectivity index (χ4n) is 1.61. The van der Waals surface area contributed by atoms with Gasteiger partial charge in [-0.1, -0.05) is 12.1 Å². The average Bonchev–Trinajstić information content (AvgIpc) is 2.85. The second kappa shape index (κ2) is 5.30. The van der Waals surface area contributed by atoms with Crippen LogP contribution in [0.2, 0.25) is 0 Å². The van der Waals surface area contributed by atoms with Crippen molar-refractivity contribution in [1.29, 1.82) is 0 Å². The van der Waals surface area contributed by atoms with E-state index in [2.05, 4.69) is 4.98 Å². The zero-order valence-electron chi connectivity index (χ0n) is 9.67. The topological polar surface area (TPSA) is 44.1 Å². The first-order valence-corrected chi connectivity index (χ1v) is 5.41. The van der Waals surface area contributed by atoms with Gasteiger partial charge in [-0.3, -0.25) is 4.79 Å². The minimum absolute atomic E-state index is 0.472. The van der Waals surface area contributed by atoms with Crippen LogP contribution in [-0.4, -0.2) is 22.9 Å². The molecule has 0 N–H and O–H groups in total. The molecule has 0 aliphatic carbocycles. The predicted molar refractivity (Wildman–Crippen MR) is 64.3 cm³/mol. The molecular formula is C13H14N2O2. The molecule has 2 rings (SSSR count). The van der Waals surface area contributed by atoms with E-state index >= 15 is 0 Å². The van der Waals surface area contributed by atoms with Crippen molar-refractivity contribution in [1.82, 2.24) is 9.55 Å². The van der Waals surface area contributed by atoms with Crippen LogP contribution in [0, 0.1) is 0 Å². The van der Waals surface area contributed by atoms with E-state index in [0.717, 1.165) is 25.0 Å². The van der Waals surface area contributed by atoms with Crippen molar-refractivity contribution < 1.29 is 9.53 Å². The second-order valence-corrected chi connectivity index (χ2v) is 3.75. The molecule has 17 heavy (non-hydrogen) atoms. The molecule has 0 aliphatic rings. The van der Waals surface area contributed by atoms with Gasteiger partial charge in [-0.05, 0) is 24.1 Å². The maximum Gasteiger partial charge on any atom is 0.169 e. The van der Waals surface area contributed by atoms with Crippen LogP contribution in [0.5, 0.6) is 5.75 Å². The molecule has 0 bridgehead atoms. The molecule has 0 amide bonds. The van der Waals surface area contributed by atoms with Crippen LogP contribution in [0.4, 0.5) is 0 Å². The third-order valence-electron chi connectivity index (χ3n) is 2.59. The first-order valence-electron chi connectivity index (χ1n) is 5.41. The Kier molecular flexibility index (Phi) is 3.55. The number of carbonyl (C=O) groups is 1. The number of nitrogens with zero attached hydrogens (tertiary/aromatic N) is 2. The quantitative estimate of drug-likeness (QED) is 0.737. The van der Waals surface area contributed by atoms with Crippen LogP contribution in [0.25, 0.3) is 0 Å². The van der Waals surface area contributed by atoms with Gasteiger partial charge in [0.1, 0.15) is 11.4 Å². The summed E-state index contributed by atoms with van der Waals surface area (Å²) in [5.41, 5.74) is 1.70. The third-order valence-corrected chi connectivity index (χ3v) is 2.59. The summed E-state index contributed by atoms with van der Waals surface area (Å²) in [6, 6.07) is 7.97. The molecule has 0 radical (unpaired) electrons. The van der Waals surface area contributed by atoms with E-state index in [4.69, 9.17) is 4.74 Å². The van der Waals surface area contributed by atoms with Gasteiger partial charge in [0.15, 0.2) is 6.29 Å². The van der Waals surface area contributed by atoms with Crippen molar-refractivity contribution >= 4 is 6.29 Å². The highest BCUT2D eigenvalue weighted by Gasteiger charge is 1.98. The predicted octanol–water partition coefficient (Wildman–Crippen LogP) is 1.95. The zero-order chi connectivity index (χ0) is 12.1. The number of hydrogen-bond acceptors (Lipinski definition) is 3. The Balaban J connectivity index is 1.94. The Hall–Kier alpha value is -2.10. The number of ether oxygens (including phenoxy) is 1. The fraction of sp³-hybridized carbons (Fsp3) is 0.231. The van der Waals surface area contributed by atoms with Gasteiger partial charge in [0.2, 0.25) is 0 Å². The first-order chi connectivity index (χ1) is 8.31. The van der Waals surface area contributed by atoms with Gasteiger partial charge in [-0.15, -0.1) is 0 Å². The minimum Gasteiger partial charge on any atom is -0.497 e. The summed E-state index contributed by atoms with van der Waals surface area (Å²) in [5, 5.41) is 0. The Morgan fingerprint density at radius 3 is 2.71 bits per heavy atom. The molecule has 0 fully saturated rings. The molecule has 1 heterocycles. The van der Waals surface area contributed by atoms with Gasteiger partial charge in [0.05, 0.1) is 13.4 Å². The van der Waals surface area contributed by atoms with Crippen LogP contribution < -0.4 is 4.74 Å². The van der Waals surface area contributed by atoms with Gasteiger partial charge in [0.25, 0.3) is 0 Å². The largest absolute Gasteiger partial charge is 0.497 e. The lowest BCUT2D eigenvalue weighted by Crippen LogP contribution is -1.98. The number of benzene rings is 1. The molecule has 0 unspecified atom stereocenters. The average molecular weight is 230 g/mol. The zero-order valence-corrected chi connectivity index (χ0v) is 9.67. The molecule has 4 nitrogen and oxygen atoms in total. The lowest BCUT2D eigenvalue weighted by Gasteiger charge is -2.04. The summed E-state index contributed by atoms with van der Waals surface area (Å²) >= 11 is 0. The molecule has 2 aromatic rings. The Morgan fingerprint density at radius 2 is 2.12 bits per heavy atom. The number of carbonyl (C=O) groups excluding carboxylic acids is 1. The number of imidazole rings is 1. The summed E-state index contributed by atoms with van der Waals surface area (Å²) < 4.78 is 7.01. The van der Waals surface area contributed by atoms with Gasteiger partial charge in [-0.25, -0.2) is 4.98 Å². The number of methoxy groups -OCH3 is 1. The fourth-order valence-corrected chi connectivity index (χ4v) is 1.61. The number of aromatic nitrogens is 2. The molecule has 1 aromatic heterocycles. The van der Waals surface area contributed by atoms with Gasteiger partial charge in [0, 0.05) is 12.7 Å². The summed E-state index contributed by atoms with van der Waals surface area (Å²) in [6.07, 6.45) is 5.08. The lowest BCUT2D eigenvalue weighted by atomic mass is 10.1. The highest BCUT2D eigenvalue weighted by molar-refractivity contribution is 5.70. The van der Waals surface area contributed by atoms with Crippen LogP contribution in [0.3, 0.4) is 0 Å². The SMILES string of the molecule is COc1ccc(CCn2cnc(C=O)c2)cc1. The van der Waals surface area contributed by atoms with Gasteiger partial charge in [-0.2, -0.15) is 0 Å². The van der Waals surface area contributed by atoms with Crippen molar-refractivity contribution in [2.75, 3.05) is 7.11 Å². The highest BCUT2D eigenvalue weighted by atomic mass is 16.5. The molecule has 1 aromatic carbocycles. The van der Waals surface area contributed by atoms with Crippen molar-refractivity contribution in [2.24, 2.45) is 0 Å². The van der Waals surface area contributed by atoms with E-state index in [0.29, 0.717) is 5.69 Å². The Labute approximate surface area is 99.9 Å². The summed E-state index contributed by atoms with van der Waals surface area (Å²) in [5.74, 6) is 0.861. The lowest BCUT2D eigenvalue weighted by molar-refractivity contribution is 0.111. The van der Waals surface area contributed by atoms with E-state index in [1.165, 1.54) is 5.56 Å². The van der Waals surface area contributed by atoms with Gasteiger partial charge < -0.3 is 9.30 Å². The van der Waals surface area contributed by atoms with E-state index in [9.17, 15) is 4.79 Å². The van der Waals surface area contributed by atoms with Crippen molar-refractivity contribution in [2.45, 2.75) is 13.0 Å². The number of aldehydes is 1. The standard InChI is InChI=1S/C13H14N2O2/c1-17-13-4-2-11(3-5-13)6-7-15-8-12(9-16)14-10-15/h2-5,8-10H,6-7H2,1H3. The Morgan fingerprint density at radius 1 is 1.35 bits per heavy atom. The molecule has 0 atom stereocenters. The maximum absolute atomic E-state index is 10.5. The monoisotopic (exact) mass is 230 g/mol. The smallest absolute Gasteiger partial charge is 0.169 e. The van der Waals surface area contributed by atoms with Crippen molar-refractivity contribution in [3.63, 3.8) is 0 Å². The second-order valence-electron chi connectivity index (χ2n) is 3.75. The van der Waals surface area contributed by atoms with E-state index in [1.807, 2.05) is 28.8 Å². The first kappa shape index (κ1) is 11.4. The van der Waals surface area contributed by atoms with Crippen LogP contribution in [0.1, 0.15) is 16.1 Å². The number of rotatable bonds is 5. The molecule has 0 saturated heterocycles. The van der Waals surface area contributed by atoms with Crippen molar-refractivity contribution in [3.05, 3.63) is 48.0 Å². The minimum atomic E-state index is 0.472. The normalized spacial score (nSPS) is 10.2. The molecule has 0 spiro atoms.